The zero-order valence-electron chi connectivity index (χ0n) is 19.2. The summed E-state index contributed by atoms with van der Waals surface area (Å²) in [6, 6.07) is 10.6. The zero-order valence-corrected chi connectivity index (χ0v) is 20.0. The van der Waals surface area contributed by atoms with Crippen molar-refractivity contribution in [3.05, 3.63) is 47.7 Å². The van der Waals surface area contributed by atoms with Crippen molar-refractivity contribution >= 4 is 21.9 Å². The molecule has 1 aromatic heterocycles. The van der Waals surface area contributed by atoms with E-state index in [4.69, 9.17) is 9.26 Å². The third kappa shape index (κ3) is 5.44. The van der Waals surface area contributed by atoms with Crippen LogP contribution in [-0.4, -0.2) is 84.5 Å². The largest absolute Gasteiger partial charge is 0.373 e. The number of aryl methyl sites for hydroxylation is 1. The predicted octanol–water partition coefficient (Wildman–Crippen LogP) is 1.63. The van der Waals surface area contributed by atoms with E-state index in [1.54, 1.807) is 13.0 Å². The second-order valence-corrected chi connectivity index (χ2v) is 10.6. The van der Waals surface area contributed by atoms with Crippen LogP contribution in [0.25, 0.3) is 0 Å². The van der Waals surface area contributed by atoms with Gasteiger partial charge in [-0.2, -0.15) is 17.0 Å². The van der Waals surface area contributed by atoms with E-state index >= 15 is 0 Å². The number of piperazine rings is 1. The van der Waals surface area contributed by atoms with Crippen LogP contribution in [0.2, 0.25) is 0 Å². The summed E-state index contributed by atoms with van der Waals surface area (Å²) < 4.78 is 40.2. The molecule has 180 valence electrons. The van der Waals surface area contributed by atoms with Crippen molar-refractivity contribution in [2.75, 3.05) is 44.6 Å². The highest BCUT2D eigenvalue weighted by atomic mass is 32.2. The van der Waals surface area contributed by atoms with E-state index in [0.717, 1.165) is 5.56 Å². The van der Waals surface area contributed by atoms with Gasteiger partial charge in [0, 0.05) is 45.3 Å². The fourth-order valence-corrected chi connectivity index (χ4v) is 6.21. The average Bonchev–Trinajstić information content (AvgIpc) is 3.19. The van der Waals surface area contributed by atoms with Crippen LogP contribution in [0, 0.1) is 6.92 Å². The molecule has 1 aromatic carbocycles. The van der Waals surface area contributed by atoms with Gasteiger partial charge in [-0.25, -0.2) is 0 Å². The van der Waals surface area contributed by atoms with E-state index in [1.807, 2.05) is 49.1 Å². The van der Waals surface area contributed by atoms with Crippen LogP contribution in [0.5, 0.6) is 0 Å². The van der Waals surface area contributed by atoms with Crippen molar-refractivity contribution in [2.45, 2.75) is 39.0 Å². The summed E-state index contributed by atoms with van der Waals surface area (Å²) in [5.41, 5.74) is 0.836. The van der Waals surface area contributed by atoms with Crippen molar-refractivity contribution in [1.29, 1.82) is 0 Å². The number of amides is 1. The van der Waals surface area contributed by atoms with Crippen molar-refractivity contribution in [3.8, 4) is 0 Å². The molecule has 0 saturated carbocycles. The van der Waals surface area contributed by atoms with Crippen LogP contribution in [0.1, 0.15) is 31.2 Å². The molecule has 0 aliphatic carbocycles. The smallest absolute Gasteiger partial charge is 0.282 e. The molecule has 10 nitrogen and oxygen atoms in total. The first kappa shape index (κ1) is 23.8. The Labute approximate surface area is 194 Å². The lowest BCUT2D eigenvalue weighted by Crippen LogP contribution is -2.58. The molecular weight excluding hydrogens is 446 g/mol. The molecule has 33 heavy (non-hydrogen) atoms. The van der Waals surface area contributed by atoms with Crippen LogP contribution < -0.4 is 5.32 Å². The molecule has 2 fully saturated rings. The molecule has 1 amide bonds. The first-order valence-corrected chi connectivity index (χ1v) is 12.6. The molecule has 2 aliphatic rings. The summed E-state index contributed by atoms with van der Waals surface area (Å²) in [5, 5.41) is 6.68. The molecular formula is C22H31N5O5S. The topological polar surface area (TPSA) is 108 Å². The van der Waals surface area contributed by atoms with Crippen LogP contribution in [0.4, 0.5) is 5.82 Å². The fourth-order valence-electron chi connectivity index (χ4n) is 4.46. The van der Waals surface area contributed by atoms with Gasteiger partial charge < -0.3 is 14.6 Å². The number of hydrogen-bond acceptors (Lipinski definition) is 7. The molecule has 2 saturated heterocycles. The summed E-state index contributed by atoms with van der Waals surface area (Å²) >= 11 is 0. The molecule has 11 heteroatoms. The van der Waals surface area contributed by atoms with Gasteiger partial charge in [0.2, 0.25) is 5.91 Å². The SMILES string of the molecule is Cc1cc(NC(=O)[C@H](c2ccccc2)N2CCN(S(=O)(=O)N3C[C@H](C)O[C@@H](C)C3)CC2)no1. The van der Waals surface area contributed by atoms with Crippen molar-refractivity contribution in [3.63, 3.8) is 0 Å². The monoisotopic (exact) mass is 477 g/mol. The number of benzene rings is 1. The van der Waals surface area contributed by atoms with Crippen LogP contribution in [-0.2, 0) is 19.7 Å². The first-order chi connectivity index (χ1) is 15.7. The first-order valence-electron chi connectivity index (χ1n) is 11.2. The number of nitrogens with one attached hydrogen (secondary N) is 1. The number of carbonyl (C=O) groups excluding carboxylic acids is 1. The Morgan fingerprint density at radius 1 is 1.06 bits per heavy atom. The highest BCUT2D eigenvalue weighted by Gasteiger charge is 2.39. The van der Waals surface area contributed by atoms with Gasteiger partial charge in [0.15, 0.2) is 5.82 Å². The molecule has 0 spiro atoms. The maximum absolute atomic E-state index is 13.2. The number of nitrogens with zero attached hydrogens (tertiary/aromatic N) is 4. The standard InChI is InChI=1S/C22H31N5O5S/c1-16-13-20(24-32-16)23-22(28)21(19-7-5-4-6-8-19)25-9-11-26(12-10-25)33(29,30)27-14-17(2)31-18(3)15-27/h4-8,13,17-18,21H,9-12,14-15H2,1-3H3,(H,23,24,28)/t17-,18-,21-/m0/s1. The van der Waals surface area contributed by atoms with E-state index < -0.39 is 16.3 Å². The Morgan fingerprint density at radius 3 is 2.27 bits per heavy atom. The van der Waals surface area contributed by atoms with Crippen LogP contribution >= 0.6 is 0 Å². The van der Waals surface area contributed by atoms with E-state index in [1.165, 1.54) is 8.61 Å². The van der Waals surface area contributed by atoms with Gasteiger partial charge in [0.05, 0.1) is 12.2 Å². The normalized spacial score (nSPS) is 24.5. The van der Waals surface area contributed by atoms with Gasteiger partial charge >= 0.3 is 0 Å². The lowest BCUT2D eigenvalue weighted by molar-refractivity contribution is -0.122. The molecule has 0 unspecified atom stereocenters. The van der Waals surface area contributed by atoms with Crippen LogP contribution in [0.15, 0.2) is 40.9 Å². The number of rotatable bonds is 6. The van der Waals surface area contributed by atoms with Crippen molar-refractivity contribution < 1.29 is 22.5 Å². The van der Waals surface area contributed by atoms with E-state index in [0.29, 0.717) is 50.8 Å². The number of carbonyl (C=O) groups is 1. The highest BCUT2D eigenvalue weighted by molar-refractivity contribution is 7.86. The van der Waals surface area contributed by atoms with Crippen molar-refractivity contribution in [1.82, 2.24) is 18.7 Å². The van der Waals surface area contributed by atoms with Crippen LogP contribution in [0.3, 0.4) is 0 Å². The number of anilines is 1. The number of hydrogen-bond donors (Lipinski definition) is 1. The number of ether oxygens (including phenoxy) is 1. The quantitative estimate of drug-likeness (QED) is 0.674. The van der Waals surface area contributed by atoms with Gasteiger partial charge in [0.25, 0.3) is 10.2 Å². The summed E-state index contributed by atoms with van der Waals surface area (Å²) in [5.74, 6) is 0.726. The summed E-state index contributed by atoms with van der Waals surface area (Å²) in [6.45, 7) is 7.69. The third-order valence-electron chi connectivity index (χ3n) is 5.92. The highest BCUT2D eigenvalue weighted by Crippen LogP contribution is 2.26. The molecule has 1 N–H and O–H groups in total. The molecule has 0 bridgehead atoms. The second kappa shape index (κ2) is 9.90. The minimum atomic E-state index is -3.59. The third-order valence-corrected chi connectivity index (χ3v) is 7.89. The second-order valence-electron chi connectivity index (χ2n) is 8.64. The van der Waals surface area contributed by atoms with E-state index in [9.17, 15) is 13.2 Å². The molecule has 2 aromatic rings. The van der Waals surface area contributed by atoms with Gasteiger partial charge in [-0.1, -0.05) is 35.5 Å². The molecule has 4 rings (SSSR count). The van der Waals surface area contributed by atoms with Gasteiger partial charge in [0.1, 0.15) is 11.8 Å². The summed E-state index contributed by atoms with van der Waals surface area (Å²) in [7, 11) is -3.59. The lowest BCUT2D eigenvalue weighted by atomic mass is 10.0. The van der Waals surface area contributed by atoms with Gasteiger partial charge in [-0.15, -0.1) is 0 Å². The predicted molar refractivity (Wildman–Crippen MR) is 123 cm³/mol. The Morgan fingerprint density at radius 2 is 1.70 bits per heavy atom. The Kier molecular flexibility index (Phi) is 7.15. The van der Waals surface area contributed by atoms with Crippen molar-refractivity contribution in [2.24, 2.45) is 0 Å². The zero-order chi connectivity index (χ0) is 23.6. The maximum atomic E-state index is 13.2. The molecule has 3 atom stereocenters. The molecule has 3 heterocycles. The molecule has 0 radical (unpaired) electrons. The fraction of sp³-hybridized carbons (Fsp3) is 0.545. The Balaban J connectivity index is 1.47. The Hall–Kier alpha value is -2.31. The number of morpholine rings is 1. The average molecular weight is 478 g/mol. The summed E-state index contributed by atoms with van der Waals surface area (Å²) in [6.07, 6.45) is -0.285. The van der Waals surface area contributed by atoms with E-state index in [-0.39, 0.29) is 18.1 Å². The Bertz CT molecular complexity index is 1040. The van der Waals surface area contributed by atoms with E-state index in [2.05, 4.69) is 10.5 Å². The van der Waals surface area contributed by atoms with Gasteiger partial charge in [-0.3, -0.25) is 9.69 Å². The van der Waals surface area contributed by atoms with Gasteiger partial charge in [-0.05, 0) is 26.3 Å². The minimum Gasteiger partial charge on any atom is -0.373 e. The maximum Gasteiger partial charge on any atom is 0.282 e. The lowest BCUT2D eigenvalue weighted by Gasteiger charge is -2.41. The summed E-state index contributed by atoms with van der Waals surface area (Å²) in [4.78, 5) is 15.2. The minimum absolute atomic E-state index is 0.142. The molecule has 2 aliphatic heterocycles. The number of aromatic nitrogens is 1.